The van der Waals surface area contributed by atoms with Crippen LogP contribution in [0.15, 0.2) is 41.5 Å². The molecule has 1 aromatic rings. The van der Waals surface area contributed by atoms with Crippen LogP contribution in [0.3, 0.4) is 0 Å². The van der Waals surface area contributed by atoms with E-state index < -0.39 is 0 Å². The average Bonchev–Trinajstić information content (AvgIpc) is 2.27. The van der Waals surface area contributed by atoms with Gasteiger partial charge in [0.05, 0.1) is 6.04 Å². The summed E-state index contributed by atoms with van der Waals surface area (Å²) in [5, 5.41) is 3.66. The standard InChI is InChI=1S/C12H14N4/c13-15-14-12-9-16(10-12)8-4-7-11-5-2-1-3-6-11/h1-7,12H,8-10H2/b7-4+. The third-order valence-corrected chi connectivity index (χ3v) is 2.63. The fraction of sp³-hybridized carbons (Fsp3) is 0.333. The Bertz CT molecular complexity index is 400. The topological polar surface area (TPSA) is 52.0 Å². The molecule has 0 spiro atoms. The molecule has 4 heteroatoms. The Balaban J connectivity index is 1.73. The highest BCUT2D eigenvalue weighted by Gasteiger charge is 2.23. The summed E-state index contributed by atoms with van der Waals surface area (Å²) in [5.41, 5.74) is 9.46. The molecule has 0 aromatic heterocycles. The molecule has 1 fully saturated rings. The van der Waals surface area contributed by atoms with Crippen molar-refractivity contribution in [3.63, 3.8) is 0 Å². The largest absolute Gasteiger partial charge is 0.299 e. The lowest BCUT2D eigenvalue weighted by molar-refractivity contribution is 0.170. The van der Waals surface area contributed by atoms with Crippen molar-refractivity contribution >= 4 is 6.08 Å². The molecule has 1 heterocycles. The summed E-state index contributed by atoms with van der Waals surface area (Å²) >= 11 is 0. The molecule has 1 aliphatic rings. The van der Waals surface area contributed by atoms with Gasteiger partial charge in [-0.1, -0.05) is 47.6 Å². The molecule has 82 valence electrons. The van der Waals surface area contributed by atoms with Crippen molar-refractivity contribution in [2.75, 3.05) is 19.6 Å². The van der Waals surface area contributed by atoms with Gasteiger partial charge in [0.2, 0.25) is 0 Å². The maximum atomic E-state index is 8.24. The van der Waals surface area contributed by atoms with Crippen molar-refractivity contribution < 1.29 is 0 Å². The lowest BCUT2D eigenvalue weighted by Crippen LogP contribution is -2.49. The van der Waals surface area contributed by atoms with Gasteiger partial charge in [-0.3, -0.25) is 4.90 Å². The van der Waals surface area contributed by atoms with Gasteiger partial charge in [-0.15, -0.1) is 0 Å². The minimum absolute atomic E-state index is 0.176. The second-order valence-electron chi connectivity index (χ2n) is 3.89. The first-order valence-electron chi connectivity index (χ1n) is 5.36. The minimum atomic E-state index is 0.176. The van der Waals surface area contributed by atoms with E-state index in [4.69, 9.17) is 5.53 Å². The maximum absolute atomic E-state index is 8.24. The smallest absolute Gasteiger partial charge is 0.0628 e. The van der Waals surface area contributed by atoms with E-state index in [1.54, 1.807) is 0 Å². The fourth-order valence-electron chi connectivity index (χ4n) is 1.74. The van der Waals surface area contributed by atoms with Gasteiger partial charge in [0, 0.05) is 24.5 Å². The molecule has 1 aromatic carbocycles. The molecule has 4 nitrogen and oxygen atoms in total. The van der Waals surface area contributed by atoms with E-state index in [9.17, 15) is 0 Å². The summed E-state index contributed by atoms with van der Waals surface area (Å²) in [5.74, 6) is 0. The summed E-state index contributed by atoms with van der Waals surface area (Å²) in [6.07, 6.45) is 4.25. The summed E-state index contributed by atoms with van der Waals surface area (Å²) in [4.78, 5) is 5.05. The molecule has 0 radical (unpaired) electrons. The average molecular weight is 214 g/mol. The van der Waals surface area contributed by atoms with Crippen LogP contribution in [0, 0.1) is 0 Å². The zero-order valence-electron chi connectivity index (χ0n) is 9.03. The molecule has 1 aliphatic heterocycles. The van der Waals surface area contributed by atoms with E-state index in [1.807, 2.05) is 18.2 Å². The van der Waals surface area contributed by atoms with E-state index in [0.717, 1.165) is 19.6 Å². The van der Waals surface area contributed by atoms with Crippen molar-refractivity contribution in [2.45, 2.75) is 6.04 Å². The second-order valence-corrected chi connectivity index (χ2v) is 3.89. The molecular formula is C12H14N4. The van der Waals surface area contributed by atoms with Crippen molar-refractivity contribution in [1.29, 1.82) is 0 Å². The van der Waals surface area contributed by atoms with Gasteiger partial charge in [0.25, 0.3) is 0 Å². The summed E-state index contributed by atoms with van der Waals surface area (Å²) < 4.78 is 0. The van der Waals surface area contributed by atoms with Crippen LogP contribution in [-0.4, -0.2) is 30.6 Å². The normalized spacial score (nSPS) is 17.0. The van der Waals surface area contributed by atoms with Crippen molar-refractivity contribution in [2.24, 2.45) is 5.11 Å². The van der Waals surface area contributed by atoms with E-state index in [1.165, 1.54) is 5.56 Å². The molecular weight excluding hydrogens is 200 g/mol. The van der Waals surface area contributed by atoms with Crippen LogP contribution in [0.4, 0.5) is 0 Å². The molecule has 0 amide bonds. The molecule has 0 N–H and O–H groups in total. The van der Waals surface area contributed by atoms with Crippen LogP contribution >= 0.6 is 0 Å². The van der Waals surface area contributed by atoms with Gasteiger partial charge in [-0.25, -0.2) is 0 Å². The number of nitrogens with zero attached hydrogens (tertiary/aromatic N) is 4. The SMILES string of the molecule is [N-]=[N+]=NC1CN(C/C=C/c2ccccc2)C1. The molecule has 0 unspecified atom stereocenters. The first-order valence-corrected chi connectivity index (χ1v) is 5.36. The Kier molecular flexibility index (Phi) is 3.59. The zero-order chi connectivity index (χ0) is 11.2. The fourth-order valence-corrected chi connectivity index (χ4v) is 1.74. The van der Waals surface area contributed by atoms with Gasteiger partial charge < -0.3 is 0 Å². The highest BCUT2D eigenvalue weighted by Crippen LogP contribution is 2.11. The number of hydrogen-bond acceptors (Lipinski definition) is 2. The van der Waals surface area contributed by atoms with Crippen LogP contribution in [0.2, 0.25) is 0 Å². The van der Waals surface area contributed by atoms with E-state index >= 15 is 0 Å². The summed E-state index contributed by atoms with van der Waals surface area (Å²) in [6.45, 7) is 2.68. The molecule has 0 aliphatic carbocycles. The Labute approximate surface area is 94.8 Å². The highest BCUT2D eigenvalue weighted by atomic mass is 15.3. The predicted octanol–water partition coefficient (Wildman–Crippen LogP) is 2.69. The third-order valence-electron chi connectivity index (χ3n) is 2.63. The molecule has 16 heavy (non-hydrogen) atoms. The monoisotopic (exact) mass is 214 g/mol. The predicted molar refractivity (Wildman–Crippen MR) is 64.9 cm³/mol. The Morgan fingerprint density at radius 1 is 1.38 bits per heavy atom. The van der Waals surface area contributed by atoms with Crippen LogP contribution in [0.25, 0.3) is 16.5 Å². The third kappa shape index (κ3) is 2.86. The van der Waals surface area contributed by atoms with Crippen LogP contribution in [0.5, 0.6) is 0 Å². The van der Waals surface area contributed by atoms with Gasteiger partial charge >= 0.3 is 0 Å². The minimum Gasteiger partial charge on any atom is -0.299 e. The van der Waals surface area contributed by atoms with Gasteiger partial charge in [0.1, 0.15) is 0 Å². The van der Waals surface area contributed by atoms with Gasteiger partial charge in [0.15, 0.2) is 0 Å². The van der Waals surface area contributed by atoms with Gasteiger partial charge in [-0.05, 0) is 11.1 Å². The quantitative estimate of drug-likeness (QED) is 0.432. The van der Waals surface area contributed by atoms with Crippen molar-refractivity contribution in [1.82, 2.24) is 4.90 Å². The van der Waals surface area contributed by atoms with Crippen molar-refractivity contribution in [3.8, 4) is 0 Å². The molecule has 0 atom stereocenters. The molecule has 2 rings (SSSR count). The Hall–Kier alpha value is -1.77. The lowest BCUT2D eigenvalue weighted by Gasteiger charge is -2.35. The van der Waals surface area contributed by atoms with Gasteiger partial charge in [-0.2, -0.15) is 0 Å². The summed E-state index contributed by atoms with van der Waals surface area (Å²) in [6, 6.07) is 10.4. The number of azide groups is 1. The molecule has 0 saturated carbocycles. The Morgan fingerprint density at radius 3 is 2.81 bits per heavy atom. The number of benzene rings is 1. The number of likely N-dealkylation sites (tertiary alicyclic amines) is 1. The number of rotatable bonds is 4. The zero-order valence-corrected chi connectivity index (χ0v) is 9.03. The Morgan fingerprint density at radius 2 is 2.12 bits per heavy atom. The summed E-state index contributed by atoms with van der Waals surface area (Å²) in [7, 11) is 0. The highest BCUT2D eigenvalue weighted by molar-refractivity contribution is 5.48. The van der Waals surface area contributed by atoms with Crippen LogP contribution < -0.4 is 0 Å². The van der Waals surface area contributed by atoms with Crippen molar-refractivity contribution in [3.05, 3.63) is 52.4 Å². The van der Waals surface area contributed by atoms with E-state index in [2.05, 4.69) is 39.2 Å². The van der Waals surface area contributed by atoms with E-state index in [-0.39, 0.29) is 6.04 Å². The second kappa shape index (κ2) is 5.35. The lowest BCUT2D eigenvalue weighted by atomic mass is 10.1. The maximum Gasteiger partial charge on any atom is 0.0628 e. The molecule has 1 saturated heterocycles. The van der Waals surface area contributed by atoms with Crippen LogP contribution in [0.1, 0.15) is 5.56 Å². The van der Waals surface area contributed by atoms with Crippen LogP contribution in [-0.2, 0) is 0 Å². The number of hydrogen-bond donors (Lipinski definition) is 0. The van der Waals surface area contributed by atoms with E-state index in [0.29, 0.717) is 0 Å². The molecule has 0 bridgehead atoms. The first-order chi connectivity index (χ1) is 7.88. The first kappa shape index (κ1) is 10.7.